The van der Waals surface area contributed by atoms with Gasteiger partial charge in [0.15, 0.2) is 0 Å². The molecule has 0 spiro atoms. The van der Waals surface area contributed by atoms with Gasteiger partial charge in [0.1, 0.15) is 9.90 Å². The van der Waals surface area contributed by atoms with Crippen molar-refractivity contribution in [1.29, 1.82) is 0 Å². The first-order valence-electron chi connectivity index (χ1n) is 10.5. The summed E-state index contributed by atoms with van der Waals surface area (Å²) >= 11 is 6.95. The SMILES string of the molecule is O=C(c1cn(-c2ccccc2)nc1-c1cccnc1)N1CCN(S(=O)(=O)c2ccc(Cl)s2)CC1. The predicted octanol–water partition coefficient (Wildman–Crippen LogP) is 3.80. The van der Waals surface area contributed by atoms with E-state index >= 15 is 0 Å². The minimum atomic E-state index is -3.63. The molecular formula is C23H20ClN5O3S2. The summed E-state index contributed by atoms with van der Waals surface area (Å²) in [4.78, 5) is 19.4. The van der Waals surface area contributed by atoms with Gasteiger partial charge in [0.2, 0.25) is 0 Å². The van der Waals surface area contributed by atoms with Crippen molar-refractivity contribution in [3.63, 3.8) is 0 Å². The van der Waals surface area contributed by atoms with Crippen molar-refractivity contribution in [3.8, 4) is 16.9 Å². The van der Waals surface area contributed by atoms with Crippen LogP contribution >= 0.6 is 22.9 Å². The number of amides is 1. The fraction of sp³-hybridized carbons (Fsp3) is 0.174. The molecule has 0 radical (unpaired) electrons. The zero-order valence-electron chi connectivity index (χ0n) is 17.9. The van der Waals surface area contributed by atoms with Crippen LogP contribution in [0.5, 0.6) is 0 Å². The number of thiophene rings is 1. The number of sulfonamides is 1. The van der Waals surface area contributed by atoms with E-state index in [0.717, 1.165) is 22.6 Å². The van der Waals surface area contributed by atoms with Gasteiger partial charge in [-0.05, 0) is 36.4 Å². The molecule has 11 heteroatoms. The number of carbonyl (C=O) groups excluding carboxylic acids is 1. The third kappa shape index (κ3) is 4.37. The molecule has 0 bridgehead atoms. The number of nitrogens with zero attached hydrogens (tertiary/aromatic N) is 5. The molecule has 1 saturated heterocycles. The monoisotopic (exact) mass is 513 g/mol. The molecule has 0 atom stereocenters. The van der Waals surface area contributed by atoms with E-state index in [4.69, 9.17) is 11.6 Å². The summed E-state index contributed by atoms with van der Waals surface area (Å²) in [6.07, 6.45) is 5.06. The van der Waals surface area contributed by atoms with Crippen molar-refractivity contribution in [1.82, 2.24) is 24.0 Å². The van der Waals surface area contributed by atoms with Crippen molar-refractivity contribution >= 4 is 38.9 Å². The summed E-state index contributed by atoms with van der Waals surface area (Å²) in [5.74, 6) is -0.197. The second-order valence-electron chi connectivity index (χ2n) is 7.67. The van der Waals surface area contributed by atoms with E-state index in [9.17, 15) is 13.2 Å². The summed E-state index contributed by atoms with van der Waals surface area (Å²) in [6.45, 7) is 0.970. The Bertz CT molecular complexity index is 1410. The molecule has 174 valence electrons. The molecule has 1 fully saturated rings. The first-order chi connectivity index (χ1) is 16.4. The highest BCUT2D eigenvalue weighted by molar-refractivity contribution is 7.91. The average molecular weight is 514 g/mol. The van der Waals surface area contributed by atoms with Crippen molar-refractivity contribution in [3.05, 3.63) is 83.1 Å². The molecule has 0 aliphatic carbocycles. The van der Waals surface area contributed by atoms with E-state index in [2.05, 4.69) is 10.1 Å². The molecular weight excluding hydrogens is 494 g/mol. The minimum Gasteiger partial charge on any atom is -0.336 e. The fourth-order valence-corrected chi connectivity index (χ4v) is 6.88. The van der Waals surface area contributed by atoms with Crippen LogP contribution in [0.15, 0.2) is 77.4 Å². The number of para-hydroxylation sites is 1. The lowest BCUT2D eigenvalue weighted by atomic mass is 10.1. The predicted molar refractivity (Wildman–Crippen MR) is 131 cm³/mol. The second kappa shape index (κ2) is 9.30. The van der Waals surface area contributed by atoms with Gasteiger partial charge in [0.05, 0.1) is 15.6 Å². The molecule has 0 unspecified atom stereocenters. The zero-order valence-corrected chi connectivity index (χ0v) is 20.3. The Kier molecular flexibility index (Phi) is 6.22. The third-order valence-electron chi connectivity index (χ3n) is 5.57. The van der Waals surface area contributed by atoms with Crippen LogP contribution in [0.4, 0.5) is 0 Å². The summed E-state index contributed by atoms with van der Waals surface area (Å²) in [7, 11) is -3.63. The number of carbonyl (C=O) groups is 1. The van der Waals surface area contributed by atoms with Crippen molar-refractivity contribution in [2.24, 2.45) is 0 Å². The van der Waals surface area contributed by atoms with Crippen LogP contribution in [-0.2, 0) is 10.0 Å². The Balaban J connectivity index is 1.40. The second-order valence-corrected chi connectivity index (χ2v) is 11.5. The van der Waals surface area contributed by atoms with Crippen LogP contribution < -0.4 is 0 Å². The van der Waals surface area contributed by atoms with E-state index in [1.54, 1.807) is 40.3 Å². The van der Waals surface area contributed by atoms with Crippen molar-refractivity contribution in [2.45, 2.75) is 4.21 Å². The number of pyridine rings is 1. The average Bonchev–Trinajstić information content (AvgIpc) is 3.52. The van der Waals surface area contributed by atoms with E-state index in [1.807, 2.05) is 36.4 Å². The van der Waals surface area contributed by atoms with Gasteiger partial charge in [0.25, 0.3) is 15.9 Å². The molecule has 0 saturated carbocycles. The quantitative estimate of drug-likeness (QED) is 0.405. The van der Waals surface area contributed by atoms with Crippen LogP contribution in [0.25, 0.3) is 16.9 Å². The van der Waals surface area contributed by atoms with E-state index < -0.39 is 10.0 Å². The fourth-order valence-electron chi connectivity index (χ4n) is 3.82. The number of hydrogen-bond acceptors (Lipinski definition) is 6. The Morgan fingerprint density at radius 1 is 0.971 bits per heavy atom. The van der Waals surface area contributed by atoms with E-state index in [-0.39, 0.29) is 36.3 Å². The van der Waals surface area contributed by atoms with E-state index in [1.165, 1.54) is 10.4 Å². The summed E-state index contributed by atoms with van der Waals surface area (Å²) in [5, 5.41) is 4.67. The lowest BCUT2D eigenvalue weighted by Gasteiger charge is -2.33. The lowest BCUT2D eigenvalue weighted by molar-refractivity contribution is 0.0698. The van der Waals surface area contributed by atoms with Gasteiger partial charge in [0, 0.05) is 50.3 Å². The molecule has 4 aromatic rings. The first-order valence-corrected chi connectivity index (χ1v) is 13.2. The molecule has 4 heterocycles. The molecule has 5 rings (SSSR count). The normalized spacial score (nSPS) is 14.9. The summed E-state index contributed by atoms with van der Waals surface area (Å²) in [6, 6.07) is 16.3. The number of hydrogen-bond donors (Lipinski definition) is 0. The van der Waals surface area contributed by atoms with Crippen LogP contribution in [0.3, 0.4) is 0 Å². The smallest absolute Gasteiger partial charge is 0.257 e. The van der Waals surface area contributed by atoms with Crippen LogP contribution in [0.2, 0.25) is 4.34 Å². The number of benzene rings is 1. The van der Waals surface area contributed by atoms with Gasteiger partial charge in [-0.1, -0.05) is 29.8 Å². The minimum absolute atomic E-state index is 0.197. The number of halogens is 1. The Morgan fingerprint density at radius 2 is 1.74 bits per heavy atom. The maximum Gasteiger partial charge on any atom is 0.257 e. The van der Waals surface area contributed by atoms with Gasteiger partial charge in [-0.3, -0.25) is 9.78 Å². The topological polar surface area (TPSA) is 88.4 Å². The largest absolute Gasteiger partial charge is 0.336 e. The Hall–Kier alpha value is -3.05. The lowest BCUT2D eigenvalue weighted by Crippen LogP contribution is -2.50. The highest BCUT2D eigenvalue weighted by atomic mass is 35.5. The third-order valence-corrected chi connectivity index (χ3v) is 9.17. The van der Waals surface area contributed by atoms with Gasteiger partial charge in [-0.2, -0.15) is 9.40 Å². The van der Waals surface area contributed by atoms with Crippen LogP contribution in [0.1, 0.15) is 10.4 Å². The van der Waals surface area contributed by atoms with Gasteiger partial charge in [-0.15, -0.1) is 11.3 Å². The highest BCUT2D eigenvalue weighted by Gasteiger charge is 2.32. The molecule has 1 aliphatic rings. The number of piperazine rings is 1. The zero-order chi connectivity index (χ0) is 23.7. The molecule has 34 heavy (non-hydrogen) atoms. The summed E-state index contributed by atoms with van der Waals surface area (Å²) < 4.78 is 29.5. The van der Waals surface area contributed by atoms with Gasteiger partial charge in [-0.25, -0.2) is 13.1 Å². The van der Waals surface area contributed by atoms with Crippen LogP contribution in [-0.4, -0.2) is 64.5 Å². The molecule has 1 aliphatic heterocycles. The molecule has 8 nitrogen and oxygen atoms in total. The van der Waals surface area contributed by atoms with Gasteiger partial charge < -0.3 is 4.90 Å². The van der Waals surface area contributed by atoms with Crippen molar-refractivity contribution in [2.75, 3.05) is 26.2 Å². The summed E-state index contributed by atoms with van der Waals surface area (Å²) in [5.41, 5.74) is 2.54. The standard InChI is InChI=1S/C23H20ClN5O3S2/c24-20-8-9-21(33-20)34(31,32)28-13-11-27(12-14-28)23(30)19-16-29(18-6-2-1-3-7-18)26-22(19)17-5-4-10-25-15-17/h1-10,15-16H,11-14H2. The molecule has 0 N–H and O–H groups in total. The number of aromatic nitrogens is 3. The number of rotatable bonds is 5. The highest BCUT2D eigenvalue weighted by Crippen LogP contribution is 2.29. The van der Waals surface area contributed by atoms with Crippen LogP contribution in [0, 0.1) is 0 Å². The Labute approximate surface area is 206 Å². The maximum absolute atomic E-state index is 13.5. The van der Waals surface area contributed by atoms with Gasteiger partial charge >= 0.3 is 0 Å². The Morgan fingerprint density at radius 3 is 2.38 bits per heavy atom. The molecule has 1 amide bonds. The maximum atomic E-state index is 13.5. The molecule has 3 aromatic heterocycles. The van der Waals surface area contributed by atoms with Crippen molar-refractivity contribution < 1.29 is 13.2 Å². The first kappa shape index (κ1) is 22.7. The van der Waals surface area contributed by atoms with E-state index in [0.29, 0.717) is 15.6 Å². The molecule has 1 aromatic carbocycles.